The molecule has 3 aromatic rings. The minimum absolute atomic E-state index is 0.0896. The third-order valence-electron chi connectivity index (χ3n) is 3.51. The molecule has 26 heavy (non-hydrogen) atoms. The number of phenols is 1. The van der Waals surface area contributed by atoms with Crippen LogP contribution in [0.25, 0.3) is 17.4 Å². The molecular formula is C20H13BrN2O3. The maximum atomic E-state index is 12.2. The largest absolute Gasteiger partial charge is 0.508 e. The summed E-state index contributed by atoms with van der Waals surface area (Å²) < 4.78 is 6.64. The topological polar surface area (TPSA) is 86.3 Å². The smallest absolute Gasteiger partial charge is 0.266 e. The van der Waals surface area contributed by atoms with Crippen LogP contribution < -0.4 is 5.32 Å². The Morgan fingerprint density at radius 3 is 2.62 bits per heavy atom. The molecule has 2 N–H and O–H groups in total. The van der Waals surface area contributed by atoms with Crippen LogP contribution in [0.3, 0.4) is 0 Å². The van der Waals surface area contributed by atoms with E-state index in [9.17, 15) is 15.2 Å². The van der Waals surface area contributed by atoms with Gasteiger partial charge in [0.2, 0.25) is 0 Å². The highest BCUT2D eigenvalue weighted by atomic mass is 79.9. The van der Waals surface area contributed by atoms with E-state index in [4.69, 9.17) is 4.42 Å². The summed E-state index contributed by atoms with van der Waals surface area (Å²) in [5.41, 5.74) is 1.27. The summed E-state index contributed by atoms with van der Waals surface area (Å²) in [6, 6.07) is 18.9. The van der Waals surface area contributed by atoms with Crippen LogP contribution in [0.15, 0.2) is 75.1 Å². The van der Waals surface area contributed by atoms with Crippen molar-refractivity contribution in [3.8, 4) is 23.1 Å². The van der Waals surface area contributed by atoms with Gasteiger partial charge in [-0.25, -0.2) is 0 Å². The highest BCUT2D eigenvalue weighted by molar-refractivity contribution is 9.10. The second-order valence-electron chi connectivity index (χ2n) is 5.38. The first-order valence-corrected chi connectivity index (χ1v) is 8.42. The molecule has 0 aliphatic heterocycles. The molecule has 5 nitrogen and oxygen atoms in total. The molecule has 1 amide bonds. The number of phenolic OH excluding ortho intramolecular Hbond substituents is 1. The minimum atomic E-state index is -0.557. The van der Waals surface area contributed by atoms with Crippen molar-refractivity contribution in [1.82, 2.24) is 0 Å². The zero-order valence-electron chi connectivity index (χ0n) is 13.4. The van der Waals surface area contributed by atoms with Gasteiger partial charge in [-0.15, -0.1) is 0 Å². The molecular weight excluding hydrogens is 396 g/mol. The number of hydrogen-bond acceptors (Lipinski definition) is 4. The molecule has 0 radical (unpaired) electrons. The molecule has 0 aliphatic rings. The molecule has 1 aromatic heterocycles. The van der Waals surface area contributed by atoms with Crippen molar-refractivity contribution < 1.29 is 14.3 Å². The number of halogens is 1. The van der Waals surface area contributed by atoms with E-state index in [2.05, 4.69) is 21.2 Å². The number of nitriles is 1. The van der Waals surface area contributed by atoms with Gasteiger partial charge in [0.1, 0.15) is 28.9 Å². The molecule has 3 rings (SSSR count). The third-order valence-corrected chi connectivity index (χ3v) is 4.01. The van der Waals surface area contributed by atoms with Crippen LogP contribution in [0.1, 0.15) is 5.76 Å². The SMILES string of the molecule is N#C/C(=C/c1ccc(-c2cccc(Br)c2)o1)C(=O)Nc1ccc(O)cc1. The molecule has 0 atom stereocenters. The second-order valence-corrected chi connectivity index (χ2v) is 6.30. The Kier molecular flexibility index (Phi) is 5.20. The number of nitrogens with one attached hydrogen (secondary N) is 1. The van der Waals surface area contributed by atoms with Crippen LogP contribution in [-0.2, 0) is 4.79 Å². The molecule has 128 valence electrons. The average Bonchev–Trinajstić information content (AvgIpc) is 3.10. The van der Waals surface area contributed by atoms with Gasteiger partial charge in [-0.3, -0.25) is 4.79 Å². The first-order valence-electron chi connectivity index (χ1n) is 7.63. The van der Waals surface area contributed by atoms with Crippen molar-refractivity contribution in [2.75, 3.05) is 5.32 Å². The molecule has 0 bridgehead atoms. The van der Waals surface area contributed by atoms with Crippen molar-refractivity contribution >= 4 is 33.6 Å². The van der Waals surface area contributed by atoms with E-state index in [0.717, 1.165) is 10.0 Å². The lowest BCUT2D eigenvalue weighted by Gasteiger charge is -2.03. The van der Waals surface area contributed by atoms with Crippen LogP contribution >= 0.6 is 15.9 Å². The second kappa shape index (κ2) is 7.72. The maximum Gasteiger partial charge on any atom is 0.266 e. The first kappa shape index (κ1) is 17.5. The Morgan fingerprint density at radius 2 is 1.92 bits per heavy atom. The highest BCUT2D eigenvalue weighted by Gasteiger charge is 2.11. The zero-order valence-corrected chi connectivity index (χ0v) is 15.0. The minimum Gasteiger partial charge on any atom is -0.508 e. The van der Waals surface area contributed by atoms with Crippen LogP contribution in [0.4, 0.5) is 5.69 Å². The number of benzene rings is 2. The van der Waals surface area contributed by atoms with Crippen LogP contribution in [0.2, 0.25) is 0 Å². The number of carbonyl (C=O) groups is 1. The van der Waals surface area contributed by atoms with Crippen LogP contribution in [0, 0.1) is 11.3 Å². The standard InChI is InChI=1S/C20H13BrN2O3/c21-15-3-1-2-13(10-15)19-9-8-18(26-19)11-14(12-22)20(25)23-16-4-6-17(24)7-5-16/h1-11,24H,(H,23,25)/b14-11-. The fourth-order valence-electron chi connectivity index (χ4n) is 2.26. The number of nitrogens with zero attached hydrogens (tertiary/aromatic N) is 1. The number of furan rings is 1. The molecule has 0 spiro atoms. The summed E-state index contributed by atoms with van der Waals surface area (Å²) in [4.78, 5) is 12.2. The van der Waals surface area contributed by atoms with E-state index in [-0.39, 0.29) is 11.3 Å². The quantitative estimate of drug-likeness (QED) is 0.362. The van der Waals surface area contributed by atoms with E-state index in [1.54, 1.807) is 24.3 Å². The lowest BCUT2D eigenvalue weighted by Crippen LogP contribution is -2.13. The summed E-state index contributed by atoms with van der Waals surface area (Å²) in [7, 11) is 0. The Labute approximate surface area is 158 Å². The molecule has 0 unspecified atom stereocenters. The van der Waals surface area contributed by atoms with Gasteiger partial charge in [-0.05, 0) is 48.5 Å². The van der Waals surface area contributed by atoms with Crippen LogP contribution in [-0.4, -0.2) is 11.0 Å². The summed E-state index contributed by atoms with van der Waals surface area (Å²) in [5.74, 6) is 0.569. The van der Waals surface area contributed by atoms with Gasteiger partial charge < -0.3 is 14.8 Å². The zero-order chi connectivity index (χ0) is 18.5. The van der Waals surface area contributed by atoms with Crippen molar-refractivity contribution in [2.45, 2.75) is 0 Å². The van der Waals surface area contributed by atoms with Gasteiger partial charge in [0.25, 0.3) is 5.91 Å². The normalized spacial score (nSPS) is 11.0. The van der Waals surface area contributed by atoms with E-state index in [0.29, 0.717) is 17.2 Å². The van der Waals surface area contributed by atoms with E-state index in [1.807, 2.05) is 30.3 Å². The third kappa shape index (κ3) is 4.21. The number of aromatic hydroxyl groups is 1. The molecule has 0 fully saturated rings. The fourth-order valence-corrected chi connectivity index (χ4v) is 2.66. The summed E-state index contributed by atoms with van der Waals surface area (Å²) >= 11 is 3.41. The number of carbonyl (C=O) groups excluding carboxylic acids is 1. The average molecular weight is 409 g/mol. The van der Waals surface area contributed by atoms with Crippen molar-refractivity contribution in [3.63, 3.8) is 0 Å². The Morgan fingerprint density at radius 1 is 1.15 bits per heavy atom. The Hall–Kier alpha value is -3.30. The van der Waals surface area contributed by atoms with Crippen molar-refractivity contribution in [3.05, 3.63) is 76.5 Å². The van der Waals surface area contributed by atoms with Gasteiger partial charge >= 0.3 is 0 Å². The van der Waals surface area contributed by atoms with Crippen molar-refractivity contribution in [2.24, 2.45) is 0 Å². The molecule has 1 heterocycles. The van der Waals surface area contributed by atoms with Crippen LogP contribution in [0.5, 0.6) is 5.75 Å². The molecule has 0 saturated carbocycles. The highest BCUT2D eigenvalue weighted by Crippen LogP contribution is 2.26. The van der Waals surface area contributed by atoms with E-state index < -0.39 is 5.91 Å². The lowest BCUT2D eigenvalue weighted by atomic mass is 10.2. The molecule has 6 heteroatoms. The maximum absolute atomic E-state index is 12.2. The number of anilines is 1. The number of hydrogen-bond donors (Lipinski definition) is 2. The van der Waals surface area contributed by atoms with Gasteiger partial charge in [0, 0.05) is 21.8 Å². The summed E-state index contributed by atoms with van der Waals surface area (Å²) in [6.07, 6.45) is 1.39. The summed E-state index contributed by atoms with van der Waals surface area (Å²) in [5, 5.41) is 21.1. The fraction of sp³-hybridized carbons (Fsp3) is 0. The van der Waals surface area contributed by atoms with E-state index in [1.165, 1.54) is 18.2 Å². The van der Waals surface area contributed by atoms with Gasteiger partial charge in [-0.1, -0.05) is 28.1 Å². The van der Waals surface area contributed by atoms with Gasteiger partial charge in [0.05, 0.1) is 0 Å². The number of rotatable bonds is 4. The molecule has 0 aliphatic carbocycles. The van der Waals surface area contributed by atoms with Gasteiger partial charge in [-0.2, -0.15) is 5.26 Å². The Balaban J connectivity index is 1.80. The first-order chi connectivity index (χ1) is 12.5. The Bertz CT molecular complexity index is 1010. The number of amides is 1. The van der Waals surface area contributed by atoms with E-state index >= 15 is 0 Å². The predicted molar refractivity (Wildman–Crippen MR) is 102 cm³/mol. The molecule has 2 aromatic carbocycles. The lowest BCUT2D eigenvalue weighted by molar-refractivity contribution is -0.112. The van der Waals surface area contributed by atoms with Crippen molar-refractivity contribution in [1.29, 1.82) is 5.26 Å². The summed E-state index contributed by atoms with van der Waals surface area (Å²) in [6.45, 7) is 0. The molecule has 0 saturated heterocycles. The predicted octanol–water partition coefficient (Wildman–Crippen LogP) is 4.96. The monoisotopic (exact) mass is 408 g/mol. The van der Waals surface area contributed by atoms with Gasteiger partial charge in [0.15, 0.2) is 0 Å².